The molecule has 0 spiro atoms. The molecule has 0 atom stereocenters. The molecule has 20 heavy (non-hydrogen) atoms. The summed E-state index contributed by atoms with van der Waals surface area (Å²) in [7, 11) is 4.68. The van der Waals surface area contributed by atoms with Crippen molar-refractivity contribution in [1.29, 1.82) is 0 Å². The summed E-state index contributed by atoms with van der Waals surface area (Å²) in [5, 5.41) is 2.93. The van der Waals surface area contributed by atoms with Crippen molar-refractivity contribution in [3.63, 3.8) is 0 Å². The van der Waals surface area contributed by atoms with Gasteiger partial charge in [-0.15, -0.1) is 0 Å². The Bertz CT molecular complexity index is 456. The summed E-state index contributed by atoms with van der Waals surface area (Å²) < 4.78 is 15.8. The molecule has 5 heteroatoms. The van der Waals surface area contributed by atoms with Gasteiger partial charge >= 0.3 is 0 Å². The number of methoxy groups -OCH3 is 3. The van der Waals surface area contributed by atoms with Crippen LogP contribution in [0.15, 0.2) is 12.1 Å². The molecular formula is C15H21NO4. The minimum atomic E-state index is 0.0317. The van der Waals surface area contributed by atoms with Gasteiger partial charge in [0.2, 0.25) is 5.91 Å². The van der Waals surface area contributed by atoms with E-state index < -0.39 is 0 Å². The van der Waals surface area contributed by atoms with Crippen LogP contribution >= 0.6 is 0 Å². The van der Waals surface area contributed by atoms with E-state index in [9.17, 15) is 4.79 Å². The minimum Gasteiger partial charge on any atom is -0.496 e. The molecule has 5 nitrogen and oxygen atoms in total. The zero-order chi connectivity index (χ0) is 14.5. The van der Waals surface area contributed by atoms with Gasteiger partial charge in [-0.05, 0) is 12.8 Å². The third-order valence-corrected chi connectivity index (χ3v) is 3.69. The summed E-state index contributed by atoms with van der Waals surface area (Å²) in [6.45, 7) is 0. The molecule has 1 saturated carbocycles. The van der Waals surface area contributed by atoms with Gasteiger partial charge in [0.05, 0.1) is 21.3 Å². The second-order valence-electron chi connectivity index (χ2n) is 4.88. The van der Waals surface area contributed by atoms with E-state index in [-0.39, 0.29) is 11.8 Å². The third-order valence-electron chi connectivity index (χ3n) is 3.69. The summed E-state index contributed by atoms with van der Waals surface area (Å²) in [6, 6.07) is 3.46. The number of nitrogens with one attached hydrogen (secondary N) is 1. The molecule has 0 bridgehead atoms. The molecular weight excluding hydrogens is 258 g/mol. The molecule has 1 aliphatic carbocycles. The van der Waals surface area contributed by atoms with Crippen LogP contribution in [0.3, 0.4) is 0 Å². The topological polar surface area (TPSA) is 56.8 Å². The van der Waals surface area contributed by atoms with E-state index in [4.69, 9.17) is 14.2 Å². The van der Waals surface area contributed by atoms with E-state index in [0.29, 0.717) is 22.9 Å². The lowest BCUT2D eigenvalue weighted by atomic mass is 10.1. The van der Waals surface area contributed by atoms with Crippen LogP contribution < -0.4 is 19.5 Å². The summed E-state index contributed by atoms with van der Waals surface area (Å²) >= 11 is 0. The van der Waals surface area contributed by atoms with Crippen molar-refractivity contribution in [3.05, 3.63) is 12.1 Å². The minimum absolute atomic E-state index is 0.0317. The molecule has 1 aromatic rings. The average Bonchev–Trinajstić information content (AvgIpc) is 3.01. The van der Waals surface area contributed by atoms with Gasteiger partial charge in [0, 0.05) is 18.1 Å². The lowest BCUT2D eigenvalue weighted by Gasteiger charge is -2.17. The Balaban J connectivity index is 2.26. The maximum Gasteiger partial charge on any atom is 0.227 e. The molecule has 0 aliphatic heterocycles. The first kappa shape index (κ1) is 14.5. The van der Waals surface area contributed by atoms with Gasteiger partial charge in [0.25, 0.3) is 0 Å². The monoisotopic (exact) mass is 279 g/mol. The molecule has 1 amide bonds. The lowest BCUT2D eigenvalue weighted by Crippen LogP contribution is -2.21. The van der Waals surface area contributed by atoms with Crippen molar-refractivity contribution in [2.24, 2.45) is 5.92 Å². The van der Waals surface area contributed by atoms with Crippen molar-refractivity contribution < 1.29 is 19.0 Å². The molecule has 0 saturated heterocycles. The maximum atomic E-state index is 12.3. The summed E-state index contributed by atoms with van der Waals surface area (Å²) in [5.41, 5.74) is 0.563. The first-order valence-electron chi connectivity index (χ1n) is 6.80. The van der Waals surface area contributed by atoms with Crippen molar-refractivity contribution >= 4 is 11.6 Å². The van der Waals surface area contributed by atoms with Gasteiger partial charge in [-0.3, -0.25) is 4.79 Å². The third kappa shape index (κ3) is 2.98. The van der Waals surface area contributed by atoms with Crippen molar-refractivity contribution in [2.75, 3.05) is 26.6 Å². The molecule has 0 heterocycles. The number of carbonyl (C=O) groups excluding carboxylic acids is 1. The quantitative estimate of drug-likeness (QED) is 0.900. The van der Waals surface area contributed by atoms with Gasteiger partial charge in [0.15, 0.2) is 0 Å². The van der Waals surface area contributed by atoms with E-state index in [1.165, 1.54) is 0 Å². The van der Waals surface area contributed by atoms with Gasteiger partial charge in [-0.1, -0.05) is 12.8 Å². The van der Waals surface area contributed by atoms with Gasteiger partial charge in [-0.2, -0.15) is 0 Å². The maximum absolute atomic E-state index is 12.3. The van der Waals surface area contributed by atoms with Crippen LogP contribution in [0.1, 0.15) is 25.7 Å². The number of amides is 1. The number of anilines is 1. The largest absolute Gasteiger partial charge is 0.496 e. The van der Waals surface area contributed by atoms with Crippen LogP contribution in [-0.4, -0.2) is 27.2 Å². The summed E-state index contributed by atoms with van der Waals surface area (Å²) in [5.74, 6) is 1.81. The van der Waals surface area contributed by atoms with Crippen LogP contribution in [0.25, 0.3) is 0 Å². The molecule has 1 fully saturated rings. The van der Waals surface area contributed by atoms with Crippen molar-refractivity contribution in [3.8, 4) is 17.2 Å². The van der Waals surface area contributed by atoms with Crippen LogP contribution in [0.2, 0.25) is 0 Å². The van der Waals surface area contributed by atoms with Crippen LogP contribution in [0, 0.1) is 5.92 Å². The zero-order valence-corrected chi connectivity index (χ0v) is 12.2. The predicted octanol–water partition coefficient (Wildman–Crippen LogP) is 2.84. The second-order valence-corrected chi connectivity index (χ2v) is 4.88. The highest BCUT2D eigenvalue weighted by Crippen LogP contribution is 2.39. The van der Waals surface area contributed by atoms with Gasteiger partial charge < -0.3 is 19.5 Å². The first-order chi connectivity index (χ1) is 9.69. The molecule has 110 valence electrons. The fraction of sp³-hybridized carbons (Fsp3) is 0.533. The van der Waals surface area contributed by atoms with Crippen LogP contribution in [0.5, 0.6) is 17.2 Å². The summed E-state index contributed by atoms with van der Waals surface area (Å²) in [6.07, 6.45) is 4.14. The highest BCUT2D eigenvalue weighted by Gasteiger charge is 2.25. The molecule has 0 aromatic heterocycles. The Morgan fingerprint density at radius 3 is 2.05 bits per heavy atom. The summed E-state index contributed by atoms with van der Waals surface area (Å²) in [4.78, 5) is 12.3. The Kier molecular flexibility index (Phi) is 4.71. The Morgan fingerprint density at radius 2 is 1.60 bits per heavy atom. The van der Waals surface area contributed by atoms with E-state index >= 15 is 0 Å². The number of ether oxygens (including phenoxy) is 3. The SMILES string of the molecule is COc1cc(OC)c(NC(=O)C2CCCC2)c(OC)c1. The Labute approximate surface area is 119 Å². The normalized spacial score (nSPS) is 14.9. The first-order valence-corrected chi connectivity index (χ1v) is 6.80. The van der Waals surface area contributed by atoms with Crippen molar-refractivity contribution in [1.82, 2.24) is 0 Å². The fourth-order valence-corrected chi connectivity index (χ4v) is 2.54. The molecule has 0 radical (unpaired) electrons. The smallest absolute Gasteiger partial charge is 0.227 e. The highest BCUT2D eigenvalue weighted by atomic mass is 16.5. The number of carbonyl (C=O) groups is 1. The van der Waals surface area contributed by atoms with Crippen LogP contribution in [0.4, 0.5) is 5.69 Å². The van der Waals surface area contributed by atoms with E-state index in [0.717, 1.165) is 25.7 Å². The number of hydrogen-bond acceptors (Lipinski definition) is 4. The Morgan fingerprint density at radius 1 is 1.05 bits per heavy atom. The lowest BCUT2D eigenvalue weighted by molar-refractivity contribution is -0.119. The molecule has 1 aromatic carbocycles. The van der Waals surface area contributed by atoms with E-state index in [2.05, 4.69) is 5.32 Å². The predicted molar refractivity (Wildman–Crippen MR) is 76.7 cm³/mol. The molecule has 1 aliphatic rings. The van der Waals surface area contributed by atoms with Gasteiger partial charge in [0.1, 0.15) is 22.9 Å². The van der Waals surface area contributed by atoms with Crippen LogP contribution in [-0.2, 0) is 4.79 Å². The molecule has 0 unspecified atom stereocenters. The number of benzene rings is 1. The fourth-order valence-electron chi connectivity index (χ4n) is 2.54. The van der Waals surface area contributed by atoms with E-state index in [1.54, 1.807) is 33.5 Å². The number of hydrogen-bond donors (Lipinski definition) is 1. The van der Waals surface area contributed by atoms with Gasteiger partial charge in [-0.25, -0.2) is 0 Å². The standard InChI is InChI=1S/C15H21NO4/c1-18-11-8-12(19-2)14(13(9-11)20-3)16-15(17)10-6-4-5-7-10/h8-10H,4-7H2,1-3H3,(H,16,17). The van der Waals surface area contributed by atoms with E-state index in [1.807, 2.05) is 0 Å². The molecule has 1 N–H and O–H groups in total. The van der Waals surface area contributed by atoms with Crippen molar-refractivity contribution in [2.45, 2.75) is 25.7 Å². The Hall–Kier alpha value is -1.91. The second kappa shape index (κ2) is 6.50. The average molecular weight is 279 g/mol. The number of rotatable bonds is 5. The zero-order valence-electron chi connectivity index (χ0n) is 12.2. The highest BCUT2D eigenvalue weighted by molar-refractivity contribution is 5.96. The molecule has 2 rings (SSSR count).